The molecule has 1 aromatic carbocycles. The zero-order valence-corrected chi connectivity index (χ0v) is 18.2. The van der Waals surface area contributed by atoms with Crippen molar-refractivity contribution < 1.29 is 9.59 Å². The summed E-state index contributed by atoms with van der Waals surface area (Å²) in [7, 11) is 0. The van der Waals surface area contributed by atoms with E-state index in [9.17, 15) is 9.59 Å². The summed E-state index contributed by atoms with van der Waals surface area (Å²) in [6.45, 7) is 10.2. The van der Waals surface area contributed by atoms with Crippen LogP contribution in [0.25, 0.3) is 0 Å². The summed E-state index contributed by atoms with van der Waals surface area (Å²) in [5, 5.41) is 5.99. The quantitative estimate of drug-likeness (QED) is 0.704. The molecule has 146 valence electrons. The number of hydrogen-bond acceptors (Lipinski definition) is 5. The van der Waals surface area contributed by atoms with Gasteiger partial charge in [-0.25, -0.2) is 4.98 Å². The van der Waals surface area contributed by atoms with Crippen LogP contribution >= 0.6 is 23.1 Å². The van der Waals surface area contributed by atoms with Gasteiger partial charge in [-0.05, 0) is 46.8 Å². The van der Waals surface area contributed by atoms with E-state index in [1.807, 2.05) is 64.3 Å². The van der Waals surface area contributed by atoms with Crippen molar-refractivity contribution >= 4 is 34.9 Å². The zero-order valence-electron chi connectivity index (χ0n) is 16.5. The number of carbonyl (C=O) groups is 2. The standard InChI is InChI=1S/C20H27N3O2S2/c1-6-23(11-18(24)22-20(3,4)5)19(25)16-9-7-8-10-17(16)27-13-15-12-26-14(2)21-15/h7-10,12H,6,11,13H2,1-5H3,(H,22,24). The van der Waals surface area contributed by atoms with Crippen molar-refractivity contribution in [1.29, 1.82) is 0 Å². The lowest BCUT2D eigenvalue weighted by atomic mass is 10.1. The molecule has 0 radical (unpaired) electrons. The van der Waals surface area contributed by atoms with E-state index >= 15 is 0 Å². The fourth-order valence-corrected chi connectivity index (χ4v) is 4.18. The number of thiazole rings is 1. The first-order valence-corrected chi connectivity index (χ1v) is 10.8. The molecule has 5 nitrogen and oxygen atoms in total. The number of rotatable bonds is 7. The molecule has 0 saturated heterocycles. The maximum Gasteiger partial charge on any atom is 0.255 e. The van der Waals surface area contributed by atoms with Crippen molar-refractivity contribution in [2.45, 2.75) is 50.8 Å². The molecule has 0 unspecified atom stereocenters. The molecular weight excluding hydrogens is 378 g/mol. The Morgan fingerprint density at radius 3 is 2.56 bits per heavy atom. The van der Waals surface area contributed by atoms with Gasteiger partial charge >= 0.3 is 0 Å². The molecule has 7 heteroatoms. The van der Waals surface area contributed by atoms with Gasteiger partial charge in [0.05, 0.1) is 22.8 Å². The highest BCUT2D eigenvalue weighted by atomic mass is 32.2. The number of hydrogen-bond donors (Lipinski definition) is 1. The molecule has 0 spiro atoms. The molecule has 0 aliphatic heterocycles. The van der Waals surface area contributed by atoms with Crippen molar-refractivity contribution in [3.05, 3.63) is 45.9 Å². The molecule has 0 saturated carbocycles. The van der Waals surface area contributed by atoms with Gasteiger partial charge in [0, 0.05) is 28.1 Å². The highest BCUT2D eigenvalue weighted by Gasteiger charge is 2.22. The van der Waals surface area contributed by atoms with Crippen LogP contribution in [0.5, 0.6) is 0 Å². The number of thioether (sulfide) groups is 1. The summed E-state index contributed by atoms with van der Waals surface area (Å²) in [5.74, 6) is 0.436. The van der Waals surface area contributed by atoms with E-state index in [1.54, 1.807) is 28.0 Å². The van der Waals surface area contributed by atoms with Gasteiger partial charge in [-0.1, -0.05) is 12.1 Å². The number of aromatic nitrogens is 1. The average molecular weight is 406 g/mol. The maximum atomic E-state index is 13.0. The monoisotopic (exact) mass is 405 g/mol. The lowest BCUT2D eigenvalue weighted by Crippen LogP contribution is -2.47. The van der Waals surface area contributed by atoms with Gasteiger partial charge in [0.25, 0.3) is 5.91 Å². The normalized spacial score (nSPS) is 11.3. The van der Waals surface area contributed by atoms with Gasteiger partial charge < -0.3 is 10.2 Å². The molecule has 2 aromatic rings. The smallest absolute Gasteiger partial charge is 0.255 e. The Hall–Kier alpha value is -1.86. The number of benzene rings is 1. The third-order valence-electron chi connectivity index (χ3n) is 3.68. The SMILES string of the molecule is CCN(CC(=O)NC(C)(C)C)C(=O)c1ccccc1SCc1csc(C)n1. The summed E-state index contributed by atoms with van der Waals surface area (Å²) < 4.78 is 0. The predicted octanol–water partition coefficient (Wildman–Crippen LogP) is 4.12. The second-order valence-corrected chi connectivity index (χ2v) is 9.34. The Balaban J connectivity index is 2.10. The zero-order chi connectivity index (χ0) is 20.0. The van der Waals surface area contributed by atoms with E-state index in [4.69, 9.17) is 0 Å². The Morgan fingerprint density at radius 2 is 1.96 bits per heavy atom. The van der Waals surface area contributed by atoms with Gasteiger partial charge in [0.1, 0.15) is 0 Å². The molecule has 0 aliphatic rings. The van der Waals surface area contributed by atoms with Crippen molar-refractivity contribution in [2.24, 2.45) is 0 Å². The lowest BCUT2D eigenvalue weighted by Gasteiger charge is -2.25. The van der Waals surface area contributed by atoms with Crippen LogP contribution in [-0.2, 0) is 10.5 Å². The van der Waals surface area contributed by atoms with Crippen molar-refractivity contribution in [2.75, 3.05) is 13.1 Å². The lowest BCUT2D eigenvalue weighted by molar-refractivity contribution is -0.123. The summed E-state index contributed by atoms with van der Waals surface area (Å²) in [5.41, 5.74) is 1.32. The third-order valence-corrected chi connectivity index (χ3v) is 5.61. The number of likely N-dealkylation sites (N-methyl/N-ethyl adjacent to an activating group) is 1. The summed E-state index contributed by atoms with van der Waals surface area (Å²) in [4.78, 5) is 32.2. The Kier molecular flexibility index (Phi) is 7.44. The molecule has 1 heterocycles. The Labute approximate surface area is 169 Å². The fourth-order valence-electron chi connectivity index (χ4n) is 2.52. The first kappa shape index (κ1) is 21.4. The van der Waals surface area contributed by atoms with E-state index in [0.717, 1.165) is 15.6 Å². The predicted molar refractivity (Wildman–Crippen MR) is 112 cm³/mol. The van der Waals surface area contributed by atoms with E-state index in [0.29, 0.717) is 17.9 Å². The van der Waals surface area contributed by atoms with Crippen LogP contribution < -0.4 is 5.32 Å². The first-order chi connectivity index (χ1) is 12.7. The number of carbonyl (C=O) groups excluding carboxylic acids is 2. The highest BCUT2D eigenvalue weighted by Crippen LogP contribution is 2.27. The molecule has 0 fully saturated rings. The van der Waals surface area contributed by atoms with Gasteiger partial charge in [0.2, 0.25) is 5.91 Å². The number of aryl methyl sites for hydroxylation is 1. The van der Waals surface area contributed by atoms with Crippen LogP contribution in [0.15, 0.2) is 34.5 Å². The molecule has 2 rings (SSSR count). The van der Waals surface area contributed by atoms with E-state index < -0.39 is 0 Å². The molecule has 1 N–H and O–H groups in total. The average Bonchev–Trinajstić information content (AvgIpc) is 3.01. The van der Waals surface area contributed by atoms with Crippen molar-refractivity contribution in [3.63, 3.8) is 0 Å². The third kappa shape index (κ3) is 6.66. The van der Waals surface area contributed by atoms with Crippen LogP contribution in [0.3, 0.4) is 0 Å². The van der Waals surface area contributed by atoms with Crippen molar-refractivity contribution in [3.8, 4) is 0 Å². The van der Waals surface area contributed by atoms with Gasteiger partial charge in [-0.2, -0.15) is 0 Å². The summed E-state index contributed by atoms with van der Waals surface area (Å²) in [6, 6.07) is 7.54. The van der Waals surface area contributed by atoms with E-state index in [-0.39, 0.29) is 23.9 Å². The minimum Gasteiger partial charge on any atom is -0.350 e. The summed E-state index contributed by atoms with van der Waals surface area (Å²) in [6.07, 6.45) is 0. The minimum atomic E-state index is -0.320. The fraction of sp³-hybridized carbons (Fsp3) is 0.450. The van der Waals surface area contributed by atoms with Crippen LogP contribution in [0.1, 0.15) is 48.8 Å². The maximum absolute atomic E-state index is 13.0. The Bertz CT molecular complexity index is 797. The molecule has 27 heavy (non-hydrogen) atoms. The van der Waals surface area contributed by atoms with Crippen LogP contribution in [0.4, 0.5) is 0 Å². The molecule has 0 bridgehead atoms. The highest BCUT2D eigenvalue weighted by molar-refractivity contribution is 7.98. The second-order valence-electron chi connectivity index (χ2n) is 7.26. The van der Waals surface area contributed by atoms with Gasteiger partial charge in [-0.15, -0.1) is 23.1 Å². The Morgan fingerprint density at radius 1 is 1.26 bits per heavy atom. The number of nitrogens with zero attached hydrogens (tertiary/aromatic N) is 2. The molecule has 2 amide bonds. The van der Waals surface area contributed by atoms with E-state index in [2.05, 4.69) is 10.3 Å². The molecule has 0 aliphatic carbocycles. The van der Waals surface area contributed by atoms with Crippen LogP contribution in [-0.4, -0.2) is 40.3 Å². The largest absolute Gasteiger partial charge is 0.350 e. The molecule has 1 aromatic heterocycles. The van der Waals surface area contributed by atoms with Crippen LogP contribution in [0, 0.1) is 6.92 Å². The number of nitrogens with one attached hydrogen (secondary N) is 1. The van der Waals surface area contributed by atoms with Gasteiger partial charge in [-0.3, -0.25) is 9.59 Å². The molecule has 0 atom stereocenters. The molecular formula is C20H27N3O2S2. The topological polar surface area (TPSA) is 62.3 Å². The number of amides is 2. The van der Waals surface area contributed by atoms with E-state index in [1.165, 1.54) is 0 Å². The van der Waals surface area contributed by atoms with Crippen LogP contribution in [0.2, 0.25) is 0 Å². The summed E-state index contributed by atoms with van der Waals surface area (Å²) >= 11 is 3.22. The van der Waals surface area contributed by atoms with Gasteiger partial charge in [0.15, 0.2) is 0 Å². The minimum absolute atomic E-state index is 0.0525. The van der Waals surface area contributed by atoms with Crippen molar-refractivity contribution in [1.82, 2.24) is 15.2 Å². The second kappa shape index (κ2) is 9.37. The first-order valence-electron chi connectivity index (χ1n) is 8.92.